The van der Waals surface area contributed by atoms with Crippen LogP contribution in [0.15, 0.2) is 49.1 Å². The molecule has 0 unspecified atom stereocenters. The van der Waals surface area contributed by atoms with Crippen LogP contribution in [-0.4, -0.2) is 122 Å². The van der Waals surface area contributed by atoms with Crippen LogP contribution in [0.5, 0.6) is 11.5 Å². The molecular formula is C34H54N6O6. The van der Waals surface area contributed by atoms with Crippen LogP contribution in [0.3, 0.4) is 0 Å². The Bertz CT molecular complexity index is 1080. The molecule has 0 atom stereocenters. The lowest BCUT2D eigenvalue weighted by molar-refractivity contribution is -0.134. The number of piperazine rings is 2. The number of rotatable bonds is 14. The molecule has 0 amide bonds. The molecule has 0 aliphatic carbocycles. The SMILES string of the molecule is CCCCCOc1cncc(N2CCN(C)CC2)c1.CCCCCOc1cncc(N2CCN(C)CC2)c1.O=C(O)/C=C/C(=O)O. The van der Waals surface area contributed by atoms with Crippen molar-refractivity contribution in [2.45, 2.75) is 52.4 Å². The van der Waals surface area contributed by atoms with E-state index in [4.69, 9.17) is 19.7 Å². The van der Waals surface area contributed by atoms with Crippen molar-refractivity contribution in [2.75, 3.05) is 89.5 Å². The standard InChI is InChI=1S/2C15H25N3O.C4H4O4/c2*1-3-4-5-10-19-15-11-14(12-16-13-15)18-8-6-17(2)7-9-18;5-3(6)1-2-4(7)8/h2*11-13H,3-10H2,1-2H3;1-2H,(H,5,6)(H,7,8)/b;;2-1+. The van der Waals surface area contributed by atoms with Crippen molar-refractivity contribution in [3.05, 3.63) is 49.1 Å². The zero-order valence-electron chi connectivity index (χ0n) is 28.1. The van der Waals surface area contributed by atoms with Gasteiger partial charge in [-0.1, -0.05) is 39.5 Å². The summed E-state index contributed by atoms with van der Waals surface area (Å²) in [5.74, 6) is -0.722. The molecule has 2 aliphatic heterocycles. The number of hydrogen-bond acceptors (Lipinski definition) is 10. The lowest BCUT2D eigenvalue weighted by Gasteiger charge is -2.33. The average molecular weight is 643 g/mol. The second-order valence-electron chi connectivity index (χ2n) is 11.5. The molecule has 0 spiro atoms. The molecule has 12 nitrogen and oxygen atoms in total. The molecule has 256 valence electrons. The van der Waals surface area contributed by atoms with Crippen LogP contribution < -0.4 is 19.3 Å². The first-order chi connectivity index (χ1) is 22.2. The highest BCUT2D eigenvalue weighted by molar-refractivity contribution is 5.89. The van der Waals surface area contributed by atoms with Crippen molar-refractivity contribution in [3.63, 3.8) is 0 Å². The van der Waals surface area contributed by atoms with E-state index in [2.05, 4.69) is 69.6 Å². The molecule has 2 aromatic heterocycles. The van der Waals surface area contributed by atoms with Crippen molar-refractivity contribution in [1.29, 1.82) is 0 Å². The highest BCUT2D eigenvalue weighted by atomic mass is 16.5. The molecule has 0 bridgehead atoms. The maximum atomic E-state index is 9.55. The summed E-state index contributed by atoms with van der Waals surface area (Å²) >= 11 is 0. The average Bonchev–Trinajstić information content (AvgIpc) is 3.06. The fraction of sp³-hybridized carbons (Fsp3) is 0.588. The molecule has 4 rings (SSSR count). The van der Waals surface area contributed by atoms with E-state index in [1.807, 2.05) is 24.8 Å². The third kappa shape index (κ3) is 16.4. The molecule has 2 fully saturated rings. The predicted molar refractivity (Wildman–Crippen MR) is 182 cm³/mol. The van der Waals surface area contributed by atoms with E-state index in [9.17, 15) is 9.59 Å². The normalized spacial score (nSPS) is 15.4. The molecule has 2 N–H and O–H groups in total. The molecule has 2 aliphatic rings. The number of aliphatic carboxylic acids is 2. The highest BCUT2D eigenvalue weighted by Gasteiger charge is 2.16. The molecule has 0 radical (unpaired) electrons. The van der Waals surface area contributed by atoms with Gasteiger partial charge in [0.15, 0.2) is 0 Å². The first-order valence-electron chi connectivity index (χ1n) is 16.4. The summed E-state index contributed by atoms with van der Waals surface area (Å²) in [6.45, 7) is 14.7. The number of carboxylic acid groups (broad SMARTS) is 2. The van der Waals surface area contributed by atoms with Crippen LogP contribution in [0, 0.1) is 0 Å². The molecule has 4 heterocycles. The lowest BCUT2D eigenvalue weighted by atomic mass is 10.2. The zero-order chi connectivity index (χ0) is 33.6. The summed E-state index contributed by atoms with van der Waals surface area (Å²) in [6.07, 6.45) is 15.8. The number of carboxylic acids is 2. The topological polar surface area (TPSA) is 132 Å². The van der Waals surface area contributed by atoms with E-state index in [1.54, 1.807) is 0 Å². The van der Waals surface area contributed by atoms with Crippen molar-refractivity contribution in [3.8, 4) is 11.5 Å². The Balaban J connectivity index is 0.000000261. The second kappa shape index (κ2) is 22.6. The molecular weight excluding hydrogens is 588 g/mol. The number of nitrogens with zero attached hydrogens (tertiary/aromatic N) is 6. The van der Waals surface area contributed by atoms with Crippen LogP contribution >= 0.6 is 0 Å². The lowest BCUT2D eigenvalue weighted by Crippen LogP contribution is -2.44. The number of aromatic nitrogens is 2. The van der Waals surface area contributed by atoms with Crippen LogP contribution in [0.1, 0.15) is 52.4 Å². The van der Waals surface area contributed by atoms with Gasteiger partial charge in [0.25, 0.3) is 0 Å². The summed E-state index contributed by atoms with van der Waals surface area (Å²) in [4.78, 5) is 37.2. The third-order valence-electron chi connectivity index (χ3n) is 7.54. The number of unbranched alkanes of at least 4 members (excludes halogenated alkanes) is 4. The molecule has 2 aromatic rings. The van der Waals surface area contributed by atoms with E-state index in [1.165, 1.54) is 37.1 Å². The fourth-order valence-corrected chi connectivity index (χ4v) is 4.67. The Kier molecular flexibility index (Phi) is 18.8. The summed E-state index contributed by atoms with van der Waals surface area (Å²) in [5, 5.41) is 15.6. The quantitative estimate of drug-likeness (QED) is 0.222. The van der Waals surface area contributed by atoms with Gasteiger partial charge in [0.1, 0.15) is 11.5 Å². The fourth-order valence-electron chi connectivity index (χ4n) is 4.67. The number of ether oxygens (including phenoxy) is 2. The van der Waals surface area contributed by atoms with Gasteiger partial charge < -0.3 is 39.3 Å². The highest BCUT2D eigenvalue weighted by Crippen LogP contribution is 2.22. The smallest absolute Gasteiger partial charge is 0.328 e. The first-order valence-corrected chi connectivity index (χ1v) is 16.4. The summed E-state index contributed by atoms with van der Waals surface area (Å²) in [5.41, 5.74) is 2.36. The van der Waals surface area contributed by atoms with Crippen molar-refractivity contribution in [2.24, 2.45) is 0 Å². The van der Waals surface area contributed by atoms with Crippen molar-refractivity contribution in [1.82, 2.24) is 19.8 Å². The largest absolute Gasteiger partial charge is 0.492 e. The third-order valence-corrected chi connectivity index (χ3v) is 7.54. The molecule has 0 saturated carbocycles. The monoisotopic (exact) mass is 642 g/mol. The number of anilines is 2. The maximum absolute atomic E-state index is 9.55. The van der Waals surface area contributed by atoms with Gasteiger partial charge in [0, 0.05) is 76.6 Å². The van der Waals surface area contributed by atoms with Crippen molar-refractivity contribution >= 4 is 23.3 Å². The van der Waals surface area contributed by atoms with E-state index < -0.39 is 11.9 Å². The van der Waals surface area contributed by atoms with Gasteiger partial charge in [-0.3, -0.25) is 9.97 Å². The van der Waals surface area contributed by atoms with Crippen LogP contribution in [0.2, 0.25) is 0 Å². The Morgan fingerprint density at radius 1 is 0.652 bits per heavy atom. The molecule has 46 heavy (non-hydrogen) atoms. The van der Waals surface area contributed by atoms with Gasteiger partial charge in [-0.2, -0.15) is 0 Å². The van der Waals surface area contributed by atoms with Crippen LogP contribution in [-0.2, 0) is 9.59 Å². The number of pyridine rings is 2. The molecule has 12 heteroatoms. The van der Waals surface area contributed by atoms with Gasteiger partial charge in [0.2, 0.25) is 0 Å². The summed E-state index contributed by atoms with van der Waals surface area (Å²) in [6, 6.07) is 4.23. The Labute approximate surface area is 274 Å². The Hall–Kier alpha value is -3.90. The number of carbonyl (C=O) groups is 2. The minimum atomic E-state index is -1.26. The minimum Gasteiger partial charge on any atom is -0.492 e. The minimum absolute atomic E-state index is 0.558. The van der Waals surface area contributed by atoms with Crippen LogP contribution in [0.4, 0.5) is 11.4 Å². The van der Waals surface area contributed by atoms with Crippen LogP contribution in [0.25, 0.3) is 0 Å². The summed E-state index contributed by atoms with van der Waals surface area (Å²) < 4.78 is 11.5. The zero-order valence-corrected chi connectivity index (χ0v) is 28.1. The summed E-state index contributed by atoms with van der Waals surface area (Å²) in [7, 11) is 4.34. The maximum Gasteiger partial charge on any atom is 0.328 e. The second-order valence-corrected chi connectivity index (χ2v) is 11.5. The van der Waals surface area contributed by atoms with Gasteiger partial charge in [-0.25, -0.2) is 9.59 Å². The predicted octanol–water partition coefficient (Wildman–Crippen LogP) is 4.52. The van der Waals surface area contributed by atoms with E-state index in [0.717, 1.165) is 89.9 Å². The van der Waals surface area contributed by atoms with Gasteiger partial charge >= 0.3 is 11.9 Å². The van der Waals surface area contributed by atoms with E-state index in [-0.39, 0.29) is 0 Å². The van der Waals surface area contributed by atoms with Gasteiger partial charge in [-0.05, 0) is 26.9 Å². The Morgan fingerprint density at radius 3 is 1.35 bits per heavy atom. The van der Waals surface area contributed by atoms with Crippen molar-refractivity contribution < 1.29 is 29.3 Å². The molecule has 0 aromatic carbocycles. The molecule has 2 saturated heterocycles. The number of likely N-dealkylation sites (N-methyl/N-ethyl adjacent to an activating group) is 2. The van der Waals surface area contributed by atoms with Gasteiger partial charge in [0.05, 0.1) is 49.4 Å². The number of hydrogen-bond donors (Lipinski definition) is 2. The van der Waals surface area contributed by atoms with Gasteiger partial charge in [-0.15, -0.1) is 0 Å². The van der Waals surface area contributed by atoms with E-state index in [0.29, 0.717) is 12.2 Å². The first kappa shape index (κ1) is 38.3. The Morgan fingerprint density at radius 2 is 1.02 bits per heavy atom. The van der Waals surface area contributed by atoms with E-state index >= 15 is 0 Å².